The van der Waals surface area contributed by atoms with Crippen LogP contribution in [0.2, 0.25) is 39.3 Å². The van der Waals surface area contributed by atoms with Crippen LogP contribution in [0.5, 0.6) is 0 Å². The fourth-order valence-corrected chi connectivity index (χ4v) is 3.08. The Bertz CT molecular complexity index is 659. The van der Waals surface area contributed by atoms with Gasteiger partial charge in [0.2, 0.25) is 0 Å². The van der Waals surface area contributed by atoms with Crippen LogP contribution in [-0.4, -0.2) is 44.3 Å². The molecule has 0 aliphatic rings. The molecule has 4 heteroatoms. The lowest BCUT2D eigenvalue weighted by molar-refractivity contribution is 1.10. The third-order valence-electron chi connectivity index (χ3n) is 3.20. The van der Waals surface area contributed by atoms with E-state index in [1.807, 2.05) is 0 Å². The van der Waals surface area contributed by atoms with Crippen molar-refractivity contribution in [3.63, 3.8) is 0 Å². The van der Waals surface area contributed by atoms with Crippen LogP contribution < -0.4 is 9.80 Å². The van der Waals surface area contributed by atoms with Crippen molar-refractivity contribution in [3.8, 4) is 22.9 Å². The SMILES string of the molecule is CN(C)c1cc(C#C[Si](C)(C)C)c(N(C)C)c(C#C[Si](C)(C)C)c1. The Kier molecular flexibility index (Phi) is 6.39. The lowest BCUT2D eigenvalue weighted by Crippen LogP contribution is -2.18. The van der Waals surface area contributed by atoms with E-state index in [2.05, 4.69) is 112 Å². The summed E-state index contributed by atoms with van der Waals surface area (Å²) in [5.41, 5.74) is 11.5. The first-order valence-electron chi connectivity index (χ1n) is 8.39. The van der Waals surface area contributed by atoms with Crippen molar-refractivity contribution in [2.24, 2.45) is 0 Å². The number of hydrogen-bond donors (Lipinski definition) is 0. The van der Waals surface area contributed by atoms with E-state index in [0.29, 0.717) is 0 Å². The second-order valence-electron chi connectivity index (χ2n) is 8.68. The Balaban J connectivity index is 3.69. The van der Waals surface area contributed by atoms with Gasteiger partial charge in [0.15, 0.2) is 0 Å². The highest BCUT2D eigenvalue weighted by atomic mass is 28.3. The zero-order valence-electron chi connectivity index (χ0n) is 17.0. The van der Waals surface area contributed by atoms with Crippen molar-refractivity contribution < 1.29 is 0 Å². The second kappa shape index (κ2) is 7.51. The largest absolute Gasteiger partial charge is 0.378 e. The molecule has 0 spiro atoms. The molecule has 0 saturated carbocycles. The maximum absolute atomic E-state index is 3.50. The predicted octanol–water partition coefficient (Wildman–Crippen LogP) is 4.28. The van der Waals surface area contributed by atoms with Crippen molar-refractivity contribution in [2.45, 2.75) is 39.3 Å². The molecule has 130 valence electrons. The fraction of sp³-hybridized carbons (Fsp3) is 0.500. The van der Waals surface area contributed by atoms with Crippen LogP contribution in [0.4, 0.5) is 11.4 Å². The maximum atomic E-state index is 3.50. The monoisotopic (exact) mass is 356 g/mol. The van der Waals surface area contributed by atoms with Crippen LogP contribution in [0.15, 0.2) is 12.1 Å². The van der Waals surface area contributed by atoms with Crippen LogP contribution >= 0.6 is 0 Å². The smallest absolute Gasteiger partial charge is 0.129 e. The van der Waals surface area contributed by atoms with Crippen molar-refractivity contribution in [2.75, 3.05) is 38.0 Å². The zero-order valence-corrected chi connectivity index (χ0v) is 19.0. The average molecular weight is 357 g/mol. The van der Waals surface area contributed by atoms with E-state index in [0.717, 1.165) is 22.5 Å². The van der Waals surface area contributed by atoms with Crippen molar-refractivity contribution in [3.05, 3.63) is 23.3 Å². The summed E-state index contributed by atoms with van der Waals surface area (Å²) >= 11 is 0. The molecule has 0 saturated heterocycles. The van der Waals surface area contributed by atoms with Gasteiger partial charge in [-0.15, -0.1) is 11.1 Å². The standard InChI is InChI=1S/C20H32N2Si2/c1-21(2)19-15-17(11-13-23(5,6)7)20(22(3)4)18(16-19)12-14-24(8,9)10/h15-16H,1-10H3. The lowest BCUT2D eigenvalue weighted by atomic mass is 10.0. The minimum atomic E-state index is -1.43. The molecule has 0 atom stereocenters. The molecule has 0 fully saturated rings. The Morgan fingerprint density at radius 3 is 1.29 bits per heavy atom. The molecule has 2 nitrogen and oxygen atoms in total. The van der Waals surface area contributed by atoms with Gasteiger partial charge in [-0.3, -0.25) is 0 Å². The van der Waals surface area contributed by atoms with Crippen LogP contribution in [0.3, 0.4) is 0 Å². The highest BCUT2D eigenvalue weighted by molar-refractivity contribution is 6.84. The summed E-state index contributed by atoms with van der Waals surface area (Å²) in [6, 6.07) is 4.37. The Hall–Kier alpha value is -1.63. The van der Waals surface area contributed by atoms with Gasteiger partial charge in [0.1, 0.15) is 16.1 Å². The Morgan fingerprint density at radius 2 is 1.04 bits per heavy atom. The van der Waals surface area contributed by atoms with Crippen LogP contribution in [-0.2, 0) is 0 Å². The molecule has 0 heterocycles. The molecule has 1 rings (SSSR count). The summed E-state index contributed by atoms with van der Waals surface area (Å²) in [6.07, 6.45) is 0. The topological polar surface area (TPSA) is 6.48 Å². The molecule has 0 aliphatic heterocycles. The summed E-state index contributed by atoms with van der Waals surface area (Å²) in [5, 5.41) is 0. The molecule has 0 unspecified atom stereocenters. The quantitative estimate of drug-likeness (QED) is 0.576. The normalized spacial score (nSPS) is 11.1. The highest BCUT2D eigenvalue weighted by Crippen LogP contribution is 2.29. The van der Waals surface area contributed by atoms with Crippen molar-refractivity contribution >= 4 is 27.5 Å². The molecule has 1 aromatic carbocycles. The third-order valence-corrected chi connectivity index (χ3v) is 4.95. The minimum absolute atomic E-state index is 1.08. The molecule has 0 aliphatic carbocycles. The van der Waals surface area contributed by atoms with E-state index in [9.17, 15) is 0 Å². The van der Waals surface area contributed by atoms with E-state index < -0.39 is 16.1 Å². The van der Waals surface area contributed by atoms with Gasteiger partial charge in [0.05, 0.1) is 16.8 Å². The van der Waals surface area contributed by atoms with E-state index in [-0.39, 0.29) is 0 Å². The van der Waals surface area contributed by atoms with Gasteiger partial charge in [-0.2, -0.15) is 0 Å². The molecular weight excluding hydrogens is 324 g/mol. The van der Waals surface area contributed by atoms with Gasteiger partial charge < -0.3 is 9.80 Å². The summed E-state index contributed by atoms with van der Waals surface area (Å²) in [7, 11) is 5.42. The van der Waals surface area contributed by atoms with Crippen molar-refractivity contribution in [1.29, 1.82) is 0 Å². The van der Waals surface area contributed by atoms with E-state index in [4.69, 9.17) is 0 Å². The number of anilines is 2. The molecule has 0 N–H and O–H groups in total. The third kappa shape index (κ3) is 6.47. The first-order chi connectivity index (χ1) is 10.8. The van der Waals surface area contributed by atoms with Crippen LogP contribution in [0, 0.1) is 22.9 Å². The van der Waals surface area contributed by atoms with E-state index >= 15 is 0 Å². The maximum Gasteiger partial charge on any atom is 0.129 e. The molecule has 24 heavy (non-hydrogen) atoms. The zero-order chi connectivity index (χ0) is 18.7. The number of benzene rings is 1. The van der Waals surface area contributed by atoms with Crippen molar-refractivity contribution in [1.82, 2.24) is 0 Å². The van der Waals surface area contributed by atoms with Gasteiger partial charge >= 0.3 is 0 Å². The van der Waals surface area contributed by atoms with Gasteiger partial charge in [0.25, 0.3) is 0 Å². The second-order valence-corrected chi connectivity index (χ2v) is 18.2. The molecule has 0 aromatic heterocycles. The highest BCUT2D eigenvalue weighted by Gasteiger charge is 2.14. The van der Waals surface area contributed by atoms with Crippen LogP contribution in [0.25, 0.3) is 0 Å². The van der Waals surface area contributed by atoms with Gasteiger partial charge in [0, 0.05) is 33.9 Å². The number of nitrogens with zero attached hydrogens (tertiary/aromatic N) is 2. The first-order valence-corrected chi connectivity index (χ1v) is 15.4. The molecule has 0 radical (unpaired) electrons. The molecule has 0 bridgehead atoms. The Morgan fingerprint density at radius 1 is 0.667 bits per heavy atom. The number of rotatable bonds is 2. The average Bonchev–Trinajstić information content (AvgIpc) is 2.40. The summed E-state index contributed by atoms with van der Waals surface area (Å²) in [6.45, 7) is 13.6. The molecular formula is C20H32N2Si2. The summed E-state index contributed by atoms with van der Waals surface area (Å²) < 4.78 is 0. The first kappa shape index (κ1) is 20.4. The van der Waals surface area contributed by atoms with E-state index in [1.54, 1.807) is 0 Å². The summed E-state index contributed by atoms with van der Waals surface area (Å²) in [4.78, 5) is 4.26. The van der Waals surface area contributed by atoms with Gasteiger partial charge in [-0.05, 0) is 12.1 Å². The lowest BCUT2D eigenvalue weighted by Gasteiger charge is -2.21. The van der Waals surface area contributed by atoms with E-state index in [1.165, 1.54) is 0 Å². The minimum Gasteiger partial charge on any atom is -0.378 e. The predicted molar refractivity (Wildman–Crippen MR) is 116 cm³/mol. The number of hydrogen-bond acceptors (Lipinski definition) is 2. The fourth-order valence-electron chi connectivity index (χ4n) is 2.06. The molecule has 0 amide bonds. The molecule has 1 aromatic rings. The summed E-state index contributed by atoms with van der Waals surface area (Å²) in [5.74, 6) is 6.91. The van der Waals surface area contributed by atoms with Gasteiger partial charge in [-0.1, -0.05) is 51.1 Å². The Labute approximate surface area is 151 Å². The van der Waals surface area contributed by atoms with Gasteiger partial charge in [-0.25, -0.2) is 0 Å². The van der Waals surface area contributed by atoms with Crippen LogP contribution in [0.1, 0.15) is 11.1 Å².